The molecular weight excluding hydrogens is 544 g/mol. The molecule has 13 nitrogen and oxygen atoms in total. The van der Waals surface area contributed by atoms with Crippen LogP contribution in [0.1, 0.15) is 41.9 Å². The van der Waals surface area contributed by atoms with Crippen molar-refractivity contribution in [1.29, 1.82) is 0 Å². The molecule has 1 aromatic heterocycles. The Kier molecular flexibility index (Phi) is 10.3. The van der Waals surface area contributed by atoms with Gasteiger partial charge in [-0.15, -0.1) is 0 Å². The Hall–Kier alpha value is -4.62. The molecule has 1 unspecified atom stereocenters. The van der Waals surface area contributed by atoms with E-state index in [2.05, 4.69) is 9.89 Å². The summed E-state index contributed by atoms with van der Waals surface area (Å²) >= 11 is 0. The van der Waals surface area contributed by atoms with Gasteiger partial charge in [0.1, 0.15) is 28.7 Å². The molecule has 2 heterocycles. The van der Waals surface area contributed by atoms with Gasteiger partial charge in [0.2, 0.25) is 5.76 Å². The molecule has 3 aromatic rings. The lowest BCUT2D eigenvalue weighted by molar-refractivity contribution is -0.768. The molecule has 2 aromatic carbocycles. The molecule has 0 radical (unpaired) electrons. The predicted octanol–water partition coefficient (Wildman–Crippen LogP) is 1.53. The summed E-state index contributed by atoms with van der Waals surface area (Å²) in [4.78, 5) is 57.4. The average Bonchev–Trinajstić information content (AvgIpc) is 3.36. The highest BCUT2D eigenvalue weighted by molar-refractivity contribution is 6.08. The van der Waals surface area contributed by atoms with Crippen LogP contribution in [0.25, 0.3) is 5.69 Å². The minimum atomic E-state index is -0.709. The summed E-state index contributed by atoms with van der Waals surface area (Å²) in [6.07, 6.45) is 1.54. The Labute approximate surface area is 242 Å². The van der Waals surface area contributed by atoms with Gasteiger partial charge < -0.3 is 15.2 Å². The minimum Gasteiger partial charge on any atom is -0.466 e. The number of aromatic nitrogens is 2. The normalized spacial score (nSPS) is 15.2. The maximum atomic E-state index is 12.5. The van der Waals surface area contributed by atoms with Gasteiger partial charge in [-0.05, 0) is 54.9 Å². The third-order valence-corrected chi connectivity index (χ3v) is 6.76. The molecule has 0 spiro atoms. The average molecular weight is 580 g/mol. The van der Waals surface area contributed by atoms with Crippen molar-refractivity contribution in [2.24, 2.45) is 10.7 Å². The molecule has 1 saturated heterocycles. The van der Waals surface area contributed by atoms with Crippen LogP contribution >= 0.6 is 0 Å². The second-order valence-electron chi connectivity index (χ2n) is 9.57. The number of carbonyl (C=O) groups excluding carboxylic acids is 3. The van der Waals surface area contributed by atoms with Crippen LogP contribution in [-0.4, -0.2) is 83.6 Å². The first kappa shape index (κ1) is 30.3. The molecular formula is C29H35N6O7+. The van der Waals surface area contributed by atoms with Crippen LogP contribution < -0.4 is 10.4 Å². The van der Waals surface area contributed by atoms with Crippen LogP contribution in [0.4, 0.5) is 0 Å². The number of ether oxygens (including phenoxy) is 2. The number of rotatable bonds is 11. The van der Waals surface area contributed by atoms with E-state index in [0.717, 1.165) is 0 Å². The first-order chi connectivity index (χ1) is 20.3. The quantitative estimate of drug-likeness (QED) is 0.201. The first-order valence-electron chi connectivity index (χ1n) is 13.8. The Morgan fingerprint density at radius 1 is 0.952 bits per heavy atom. The van der Waals surface area contributed by atoms with Gasteiger partial charge in [0.25, 0.3) is 5.91 Å². The number of hydrogen-bond donors (Lipinski definition) is 1. The number of benzene rings is 2. The largest absolute Gasteiger partial charge is 0.466 e. The topological polar surface area (TPSA) is 156 Å². The standard InChI is InChI=1S/C29H34N6O7/c1-3-40-26(36)18-25(29(38)41-4-2)33-16-14-32(15-17-33)19-24-20-34(35(39)42-24)23-12-10-21(11-13-23)27(30)31-28(37)22-8-6-5-7-9-22/h5-13,20,25H,3-4,14-19H2,1-2H3,(H-,30,31,37)/p+1. The van der Waals surface area contributed by atoms with Gasteiger partial charge in [0.15, 0.2) is 0 Å². The fourth-order valence-electron chi connectivity index (χ4n) is 4.63. The van der Waals surface area contributed by atoms with Crippen molar-refractivity contribution in [3.8, 4) is 5.69 Å². The zero-order valence-electron chi connectivity index (χ0n) is 23.7. The Morgan fingerprint density at radius 3 is 2.26 bits per heavy atom. The Balaban J connectivity index is 1.36. The summed E-state index contributed by atoms with van der Waals surface area (Å²) in [7, 11) is 0. The maximum absolute atomic E-state index is 12.5. The highest BCUT2D eigenvalue weighted by Gasteiger charge is 2.33. The summed E-state index contributed by atoms with van der Waals surface area (Å²) in [6, 6.07) is 14.6. The molecule has 1 amide bonds. The van der Waals surface area contributed by atoms with Gasteiger partial charge in [0, 0.05) is 37.3 Å². The molecule has 0 saturated carbocycles. The van der Waals surface area contributed by atoms with E-state index >= 15 is 0 Å². The van der Waals surface area contributed by atoms with Crippen LogP contribution in [-0.2, 0) is 25.6 Å². The van der Waals surface area contributed by atoms with Gasteiger partial charge in [-0.1, -0.05) is 18.2 Å². The number of nitrogens with zero attached hydrogens (tertiary/aromatic N) is 5. The number of nitrogens with two attached hydrogens (primary N) is 1. The molecule has 222 valence electrons. The fraction of sp³-hybridized carbons (Fsp3) is 0.379. The summed E-state index contributed by atoms with van der Waals surface area (Å²) in [5.74, 6) is -0.817. The lowest BCUT2D eigenvalue weighted by Gasteiger charge is -2.37. The second kappa shape index (κ2) is 14.3. The molecule has 13 heteroatoms. The summed E-state index contributed by atoms with van der Waals surface area (Å²) in [5.41, 5.74) is 7.54. The Bertz CT molecular complexity index is 1460. The van der Waals surface area contributed by atoms with E-state index in [0.29, 0.717) is 60.0 Å². The lowest BCUT2D eigenvalue weighted by atomic mass is 10.1. The van der Waals surface area contributed by atoms with Gasteiger partial charge in [0.05, 0.1) is 26.2 Å². The summed E-state index contributed by atoms with van der Waals surface area (Å²) < 4.78 is 17.3. The minimum absolute atomic E-state index is 0.0647. The van der Waals surface area contributed by atoms with Crippen molar-refractivity contribution in [1.82, 2.24) is 14.5 Å². The highest BCUT2D eigenvalue weighted by Crippen LogP contribution is 2.16. The third kappa shape index (κ3) is 7.77. The van der Waals surface area contributed by atoms with E-state index in [9.17, 15) is 19.3 Å². The predicted molar refractivity (Wildman–Crippen MR) is 151 cm³/mol. The second-order valence-corrected chi connectivity index (χ2v) is 9.57. The zero-order valence-corrected chi connectivity index (χ0v) is 23.7. The van der Waals surface area contributed by atoms with Crippen molar-refractivity contribution in [3.63, 3.8) is 0 Å². The SMILES string of the molecule is CCOC(=O)CC(C(=O)OCC)N1CCN(Cc2cn(-c3ccc(C(N)=NC(=O)c4ccccc4)cc3)[n+](=O)o2)CC1. The number of piperazine rings is 1. The molecule has 0 bridgehead atoms. The Morgan fingerprint density at radius 2 is 1.62 bits per heavy atom. The molecule has 4 rings (SSSR count). The van der Waals surface area contributed by atoms with Crippen LogP contribution in [0.5, 0.6) is 0 Å². The van der Waals surface area contributed by atoms with Crippen LogP contribution in [0.3, 0.4) is 0 Å². The molecule has 1 aliphatic heterocycles. The lowest BCUT2D eigenvalue weighted by Crippen LogP contribution is -2.53. The van der Waals surface area contributed by atoms with Crippen molar-refractivity contribution >= 4 is 23.7 Å². The molecule has 42 heavy (non-hydrogen) atoms. The number of amides is 1. The summed E-state index contributed by atoms with van der Waals surface area (Å²) in [6.45, 7) is 6.53. The van der Waals surface area contributed by atoms with Gasteiger partial charge in [-0.25, -0.2) is 0 Å². The molecule has 1 fully saturated rings. The van der Waals surface area contributed by atoms with E-state index in [1.165, 1.54) is 4.68 Å². The zero-order chi connectivity index (χ0) is 30.1. The monoisotopic (exact) mass is 579 g/mol. The molecule has 2 N–H and O–H groups in total. The van der Waals surface area contributed by atoms with Crippen molar-refractivity contribution in [3.05, 3.63) is 82.6 Å². The van der Waals surface area contributed by atoms with E-state index < -0.39 is 23.9 Å². The van der Waals surface area contributed by atoms with Gasteiger partial charge >= 0.3 is 16.7 Å². The number of esters is 2. The van der Waals surface area contributed by atoms with Gasteiger partial charge in [-0.2, -0.15) is 9.52 Å². The van der Waals surface area contributed by atoms with Crippen LogP contribution in [0.2, 0.25) is 0 Å². The fourth-order valence-corrected chi connectivity index (χ4v) is 4.63. The number of hydrogen-bond acceptors (Lipinski definition) is 9. The smallest absolute Gasteiger partial charge is 0.374 e. The maximum Gasteiger partial charge on any atom is 0.374 e. The number of aliphatic imine (C=N–C) groups is 1. The molecule has 1 atom stereocenters. The van der Waals surface area contributed by atoms with Crippen molar-refractivity contribution in [2.45, 2.75) is 32.9 Å². The van der Waals surface area contributed by atoms with Crippen molar-refractivity contribution in [2.75, 3.05) is 39.4 Å². The highest BCUT2D eigenvalue weighted by atomic mass is 16.6. The number of amidine groups is 1. The van der Waals surface area contributed by atoms with E-state index in [1.807, 2.05) is 11.0 Å². The number of carbonyl (C=O) groups is 3. The van der Waals surface area contributed by atoms with Gasteiger partial charge in [-0.3, -0.25) is 24.2 Å². The molecule has 1 aliphatic rings. The van der Waals surface area contributed by atoms with Crippen LogP contribution in [0, 0.1) is 4.91 Å². The van der Waals surface area contributed by atoms with Crippen LogP contribution in [0.15, 0.2) is 70.3 Å². The van der Waals surface area contributed by atoms with E-state index in [-0.39, 0.29) is 25.5 Å². The van der Waals surface area contributed by atoms with E-state index in [4.69, 9.17) is 19.7 Å². The molecule has 0 aliphatic carbocycles. The van der Waals surface area contributed by atoms with Crippen molar-refractivity contribution < 1.29 is 33.1 Å². The first-order valence-corrected chi connectivity index (χ1v) is 13.8. The summed E-state index contributed by atoms with van der Waals surface area (Å²) in [5, 5.41) is 0. The van der Waals surface area contributed by atoms with E-state index in [1.54, 1.807) is 68.6 Å². The third-order valence-electron chi connectivity index (χ3n) is 6.76.